The van der Waals surface area contributed by atoms with Gasteiger partial charge in [-0.25, -0.2) is 0 Å². The van der Waals surface area contributed by atoms with Crippen molar-refractivity contribution in [2.75, 3.05) is 0 Å². The Hall–Kier alpha value is -1.30. The van der Waals surface area contributed by atoms with Crippen molar-refractivity contribution in [2.45, 2.75) is 45.4 Å². The summed E-state index contributed by atoms with van der Waals surface area (Å²) in [6.07, 6.45) is 10.2. The Labute approximate surface area is 111 Å². The smallest absolute Gasteiger partial charge is 0.0192 e. The van der Waals surface area contributed by atoms with Crippen LogP contribution in [0.2, 0.25) is 0 Å². The van der Waals surface area contributed by atoms with Crippen LogP contribution in [0.25, 0.3) is 0 Å². The fourth-order valence-electron chi connectivity index (χ4n) is 2.80. The topological polar surface area (TPSA) is 0 Å². The van der Waals surface area contributed by atoms with Crippen LogP contribution in [0.1, 0.15) is 51.2 Å². The number of hydrogen-bond donors (Lipinski definition) is 0. The summed E-state index contributed by atoms with van der Waals surface area (Å²) in [6, 6.07) is 9.13. The molecule has 18 heavy (non-hydrogen) atoms. The summed E-state index contributed by atoms with van der Waals surface area (Å²) in [7, 11) is 0. The second-order valence-electron chi connectivity index (χ2n) is 5.97. The van der Waals surface area contributed by atoms with E-state index < -0.39 is 0 Å². The molecule has 0 heteroatoms. The highest BCUT2D eigenvalue weighted by molar-refractivity contribution is 5.39. The Balaban J connectivity index is 2.47. The van der Waals surface area contributed by atoms with E-state index in [1.165, 1.54) is 11.1 Å². The molecular weight excluding hydrogens is 216 g/mol. The lowest BCUT2D eigenvalue weighted by molar-refractivity contribution is 0.384. The zero-order chi connectivity index (χ0) is 13.2. The first-order valence-electron chi connectivity index (χ1n) is 7.01. The first-order valence-corrected chi connectivity index (χ1v) is 7.01. The maximum absolute atomic E-state index is 2.40. The molecule has 96 valence electrons. The quantitative estimate of drug-likeness (QED) is 0.679. The number of benzene rings is 1. The highest BCUT2D eigenvalue weighted by atomic mass is 14.4. The molecule has 1 aliphatic carbocycles. The summed E-state index contributed by atoms with van der Waals surface area (Å²) < 4.78 is 0. The van der Waals surface area contributed by atoms with E-state index in [-0.39, 0.29) is 5.41 Å². The third-order valence-electron chi connectivity index (χ3n) is 4.22. The maximum atomic E-state index is 2.40. The van der Waals surface area contributed by atoms with Gasteiger partial charge in [0.05, 0.1) is 0 Å². The molecule has 0 nitrogen and oxygen atoms in total. The van der Waals surface area contributed by atoms with Gasteiger partial charge in [0.15, 0.2) is 0 Å². The Morgan fingerprint density at radius 2 is 1.83 bits per heavy atom. The van der Waals surface area contributed by atoms with Gasteiger partial charge in [-0.15, -0.1) is 0 Å². The second-order valence-corrected chi connectivity index (χ2v) is 5.97. The molecule has 0 fully saturated rings. The van der Waals surface area contributed by atoms with E-state index in [2.05, 4.69) is 76.3 Å². The number of rotatable bonds is 3. The molecule has 0 amide bonds. The van der Waals surface area contributed by atoms with Gasteiger partial charge in [0.2, 0.25) is 0 Å². The van der Waals surface area contributed by atoms with Crippen molar-refractivity contribution in [3.05, 3.63) is 59.7 Å². The van der Waals surface area contributed by atoms with Crippen LogP contribution in [0, 0.1) is 5.92 Å². The van der Waals surface area contributed by atoms with Crippen LogP contribution in [0.5, 0.6) is 0 Å². The summed E-state index contributed by atoms with van der Waals surface area (Å²) in [6.45, 7) is 9.17. The van der Waals surface area contributed by atoms with E-state index in [9.17, 15) is 0 Å². The minimum absolute atomic E-state index is 0.180. The van der Waals surface area contributed by atoms with Crippen LogP contribution >= 0.6 is 0 Å². The Morgan fingerprint density at radius 3 is 2.39 bits per heavy atom. The molecule has 0 aliphatic heterocycles. The zero-order valence-corrected chi connectivity index (χ0v) is 12.0. The molecule has 0 bridgehead atoms. The van der Waals surface area contributed by atoms with Gasteiger partial charge in [-0.05, 0) is 29.4 Å². The lowest BCUT2D eigenvalue weighted by atomic mass is 9.67. The van der Waals surface area contributed by atoms with Crippen molar-refractivity contribution in [1.29, 1.82) is 0 Å². The van der Waals surface area contributed by atoms with Gasteiger partial charge in [-0.3, -0.25) is 0 Å². The summed E-state index contributed by atoms with van der Waals surface area (Å²) in [5, 5.41) is 0. The van der Waals surface area contributed by atoms with Gasteiger partial charge in [-0.2, -0.15) is 0 Å². The molecule has 0 heterocycles. The second kappa shape index (κ2) is 5.14. The predicted molar refractivity (Wildman–Crippen MR) is 79.9 cm³/mol. The van der Waals surface area contributed by atoms with Crippen LogP contribution in [-0.4, -0.2) is 0 Å². The molecule has 0 radical (unpaired) electrons. The monoisotopic (exact) mass is 240 g/mol. The van der Waals surface area contributed by atoms with Crippen molar-refractivity contribution in [1.82, 2.24) is 0 Å². The number of allylic oxidation sites excluding steroid dienone is 4. The standard InChI is InChI=1S/C18H24/c1-14(2)16-9-8-10-17(13-16)18(15(3)4)11-6-5-7-12-18/h5-11,13-15H,12H2,1-4H3. The molecule has 1 atom stereocenters. The zero-order valence-electron chi connectivity index (χ0n) is 12.0. The normalized spacial score (nSPS) is 23.0. The predicted octanol–water partition coefficient (Wildman–Crippen LogP) is 5.22. The molecule has 0 spiro atoms. The molecule has 1 aliphatic rings. The largest absolute Gasteiger partial charge is 0.0833 e. The molecule has 1 aromatic rings. The van der Waals surface area contributed by atoms with Crippen molar-refractivity contribution in [2.24, 2.45) is 5.92 Å². The van der Waals surface area contributed by atoms with Crippen molar-refractivity contribution in [3.8, 4) is 0 Å². The minimum atomic E-state index is 0.180. The number of hydrogen-bond acceptors (Lipinski definition) is 0. The van der Waals surface area contributed by atoms with Crippen LogP contribution in [0.15, 0.2) is 48.6 Å². The lowest BCUT2D eigenvalue weighted by Crippen LogP contribution is -2.30. The third-order valence-corrected chi connectivity index (χ3v) is 4.22. The molecule has 0 aromatic heterocycles. The minimum Gasteiger partial charge on any atom is -0.0833 e. The van der Waals surface area contributed by atoms with Gasteiger partial charge < -0.3 is 0 Å². The average Bonchev–Trinajstić information content (AvgIpc) is 2.39. The van der Waals surface area contributed by atoms with Crippen LogP contribution in [-0.2, 0) is 5.41 Å². The Bertz CT molecular complexity index is 463. The van der Waals surface area contributed by atoms with Gasteiger partial charge in [0.25, 0.3) is 0 Å². The average molecular weight is 240 g/mol. The lowest BCUT2D eigenvalue weighted by Gasteiger charge is -2.36. The van der Waals surface area contributed by atoms with Crippen molar-refractivity contribution >= 4 is 0 Å². The van der Waals surface area contributed by atoms with Crippen molar-refractivity contribution < 1.29 is 0 Å². The summed E-state index contributed by atoms with van der Waals surface area (Å²) in [5.41, 5.74) is 3.08. The van der Waals surface area contributed by atoms with Gasteiger partial charge >= 0.3 is 0 Å². The van der Waals surface area contributed by atoms with E-state index in [1.807, 2.05) is 0 Å². The van der Waals surface area contributed by atoms with E-state index in [0.29, 0.717) is 11.8 Å². The first kappa shape index (κ1) is 13.1. The van der Waals surface area contributed by atoms with Crippen LogP contribution < -0.4 is 0 Å². The Morgan fingerprint density at radius 1 is 1.06 bits per heavy atom. The highest BCUT2D eigenvalue weighted by Gasteiger charge is 2.32. The maximum Gasteiger partial charge on any atom is 0.0192 e. The van der Waals surface area contributed by atoms with E-state index in [0.717, 1.165) is 6.42 Å². The molecule has 1 aromatic carbocycles. The van der Waals surface area contributed by atoms with E-state index in [4.69, 9.17) is 0 Å². The summed E-state index contributed by atoms with van der Waals surface area (Å²) >= 11 is 0. The SMILES string of the molecule is CC(C)c1cccc(C2(C(C)C)C=CC=CC2)c1. The molecule has 0 saturated heterocycles. The molecule has 1 unspecified atom stereocenters. The summed E-state index contributed by atoms with van der Waals surface area (Å²) in [4.78, 5) is 0. The van der Waals surface area contributed by atoms with Gasteiger partial charge in [-0.1, -0.05) is 76.3 Å². The fraction of sp³-hybridized carbons (Fsp3) is 0.444. The van der Waals surface area contributed by atoms with Crippen LogP contribution in [0.4, 0.5) is 0 Å². The van der Waals surface area contributed by atoms with E-state index in [1.54, 1.807) is 0 Å². The highest BCUT2D eigenvalue weighted by Crippen LogP contribution is 2.40. The molecular formula is C18H24. The van der Waals surface area contributed by atoms with Gasteiger partial charge in [0, 0.05) is 5.41 Å². The van der Waals surface area contributed by atoms with E-state index >= 15 is 0 Å². The molecule has 0 N–H and O–H groups in total. The fourth-order valence-corrected chi connectivity index (χ4v) is 2.80. The van der Waals surface area contributed by atoms with Crippen LogP contribution in [0.3, 0.4) is 0 Å². The Kier molecular flexibility index (Phi) is 3.75. The molecule has 2 rings (SSSR count). The first-order chi connectivity index (χ1) is 8.56. The molecule has 0 saturated carbocycles. The van der Waals surface area contributed by atoms with Crippen molar-refractivity contribution in [3.63, 3.8) is 0 Å². The summed E-state index contributed by atoms with van der Waals surface area (Å²) in [5.74, 6) is 1.21. The third kappa shape index (κ3) is 2.29. The van der Waals surface area contributed by atoms with Gasteiger partial charge in [0.1, 0.15) is 0 Å².